The number of halogens is 1. The minimum absolute atomic E-state index is 0. The van der Waals surface area contributed by atoms with Gasteiger partial charge in [0.25, 0.3) is 11.8 Å². The molecule has 0 spiro atoms. The van der Waals surface area contributed by atoms with Crippen molar-refractivity contribution in [3.63, 3.8) is 0 Å². The van der Waals surface area contributed by atoms with Crippen LogP contribution in [0, 0.1) is 0 Å². The van der Waals surface area contributed by atoms with E-state index in [4.69, 9.17) is 0 Å². The number of benzene rings is 2. The summed E-state index contributed by atoms with van der Waals surface area (Å²) in [6.45, 7) is 0.595. The largest absolute Gasteiger partial charge is 0.348 e. The highest BCUT2D eigenvalue weighted by molar-refractivity contribution is 5.93. The summed E-state index contributed by atoms with van der Waals surface area (Å²) >= 11 is 0. The Morgan fingerprint density at radius 3 is 2.22 bits per heavy atom. The molecule has 6 heteroatoms. The molecule has 1 aromatic heterocycles. The highest BCUT2D eigenvalue weighted by Crippen LogP contribution is 2.04. The Balaban J connectivity index is 0.00000261. The molecule has 2 N–H and O–H groups in total. The van der Waals surface area contributed by atoms with Gasteiger partial charge in [0.15, 0.2) is 12.4 Å². The third-order valence-corrected chi connectivity index (χ3v) is 3.80. The molecule has 2 aromatic carbocycles. The zero-order valence-electron chi connectivity index (χ0n) is 14.7. The molecule has 0 saturated heterocycles. The van der Waals surface area contributed by atoms with Crippen LogP contribution in [0.3, 0.4) is 0 Å². The quantitative estimate of drug-likeness (QED) is 0.644. The van der Waals surface area contributed by atoms with Crippen molar-refractivity contribution in [2.75, 3.05) is 5.32 Å². The summed E-state index contributed by atoms with van der Waals surface area (Å²) < 4.78 is 1.69. The number of carbonyl (C=O) groups is 2. The highest BCUT2D eigenvalue weighted by atomic mass is 35.5. The number of aromatic nitrogens is 1. The SMILES string of the molecule is Cl.O=C(C[n+]1cccc(C(=O)NCc2ccccc2)c1)Nc1ccccc1. The number of carbonyl (C=O) groups excluding carboxylic acids is 2. The molecular formula is C21H21ClN3O2+. The van der Waals surface area contributed by atoms with E-state index in [-0.39, 0.29) is 30.8 Å². The van der Waals surface area contributed by atoms with Gasteiger partial charge in [-0.3, -0.25) is 9.59 Å². The van der Waals surface area contributed by atoms with E-state index in [2.05, 4.69) is 10.6 Å². The minimum Gasteiger partial charge on any atom is -0.348 e. The van der Waals surface area contributed by atoms with Crippen molar-refractivity contribution >= 4 is 29.9 Å². The first-order chi connectivity index (χ1) is 12.7. The topological polar surface area (TPSA) is 62.1 Å². The second-order valence-electron chi connectivity index (χ2n) is 5.85. The molecular weight excluding hydrogens is 362 g/mol. The minimum atomic E-state index is -0.174. The average molecular weight is 383 g/mol. The van der Waals surface area contributed by atoms with Crippen LogP contribution in [0.5, 0.6) is 0 Å². The maximum atomic E-state index is 12.3. The van der Waals surface area contributed by atoms with Gasteiger partial charge < -0.3 is 10.6 Å². The summed E-state index contributed by atoms with van der Waals surface area (Å²) in [6.07, 6.45) is 3.43. The van der Waals surface area contributed by atoms with Gasteiger partial charge in [0.05, 0.1) is 0 Å². The number of para-hydroxylation sites is 1. The van der Waals surface area contributed by atoms with E-state index < -0.39 is 0 Å². The molecule has 3 rings (SSSR count). The molecule has 0 bridgehead atoms. The molecule has 0 aliphatic carbocycles. The van der Waals surface area contributed by atoms with Gasteiger partial charge in [-0.05, 0) is 23.8 Å². The molecule has 0 saturated carbocycles. The van der Waals surface area contributed by atoms with Gasteiger partial charge in [0, 0.05) is 18.3 Å². The highest BCUT2D eigenvalue weighted by Gasteiger charge is 2.13. The number of anilines is 1. The van der Waals surface area contributed by atoms with Crippen LogP contribution in [0.4, 0.5) is 5.69 Å². The normalized spacial score (nSPS) is 9.78. The van der Waals surface area contributed by atoms with E-state index >= 15 is 0 Å². The molecule has 0 aliphatic rings. The van der Waals surface area contributed by atoms with E-state index in [0.717, 1.165) is 11.3 Å². The molecule has 5 nitrogen and oxygen atoms in total. The van der Waals surface area contributed by atoms with Crippen LogP contribution in [0.25, 0.3) is 0 Å². The maximum absolute atomic E-state index is 12.3. The van der Waals surface area contributed by atoms with Crippen LogP contribution in [-0.2, 0) is 17.9 Å². The molecule has 2 amide bonds. The number of hydrogen-bond donors (Lipinski definition) is 2. The number of amides is 2. The van der Waals surface area contributed by atoms with E-state index in [9.17, 15) is 9.59 Å². The third kappa shape index (κ3) is 6.24. The molecule has 0 fully saturated rings. The predicted molar refractivity (Wildman–Crippen MR) is 107 cm³/mol. The number of hydrogen-bond acceptors (Lipinski definition) is 2. The zero-order chi connectivity index (χ0) is 18.2. The average Bonchev–Trinajstić information content (AvgIpc) is 2.68. The molecule has 0 unspecified atom stereocenters. The number of rotatable bonds is 6. The summed E-state index contributed by atoms with van der Waals surface area (Å²) in [5, 5.41) is 5.71. The van der Waals surface area contributed by atoms with Crippen LogP contribution in [0.1, 0.15) is 15.9 Å². The van der Waals surface area contributed by atoms with Gasteiger partial charge in [-0.2, -0.15) is 4.57 Å². The number of nitrogens with one attached hydrogen (secondary N) is 2. The van der Waals surface area contributed by atoms with Gasteiger partial charge in [0.1, 0.15) is 5.56 Å². The van der Waals surface area contributed by atoms with Crippen molar-refractivity contribution < 1.29 is 14.2 Å². The van der Waals surface area contributed by atoms with Crippen molar-refractivity contribution in [3.8, 4) is 0 Å². The van der Waals surface area contributed by atoms with Gasteiger partial charge >= 0.3 is 0 Å². The number of pyridine rings is 1. The Labute approximate surface area is 164 Å². The fourth-order valence-electron chi connectivity index (χ4n) is 2.52. The monoisotopic (exact) mass is 382 g/mol. The summed E-state index contributed by atoms with van der Waals surface area (Å²) in [6, 6.07) is 22.5. The predicted octanol–water partition coefficient (Wildman–Crippen LogP) is 2.96. The molecule has 27 heavy (non-hydrogen) atoms. The van der Waals surface area contributed by atoms with Gasteiger partial charge in [-0.15, -0.1) is 12.4 Å². The van der Waals surface area contributed by atoms with Gasteiger partial charge in [-0.1, -0.05) is 48.5 Å². The standard InChI is InChI=1S/C21H19N3O2.ClH/c25-20(23-19-11-5-2-6-12-19)16-24-13-7-10-18(15-24)21(26)22-14-17-8-3-1-4-9-17;/h1-13,15H,14,16H2,(H-,22,23,25,26);1H/p+1. The smallest absolute Gasteiger partial charge is 0.290 e. The Bertz CT molecular complexity index is 886. The van der Waals surface area contributed by atoms with E-state index in [1.807, 2.05) is 60.7 Å². The van der Waals surface area contributed by atoms with Gasteiger partial charge in [-0.25, -0.2) is 0 Å². The second kappa shape index (κ2) is 10.1. The summed E-state index contributed by atoms with van der Waals surface area (Å²) in [7, 11) is 0. The van der Waals surface area contributed by atoms with Crippen LogP contribution in [0.2, 0.25) is 0 Å². The molecule has 0 atom stereocenters. The first-order valence-corrected chi connectivity index (χ1v) is 8.37. The van der Waals surface area contributed by atoms with Crippen LogP contribution in [0.15, 0.2) is 85.2 Å². The molecule has 3 aromatic rings. The lowest BCUT2D eigenvalue weighted by Gasteiger charge is -2.05. The lowest BCUT2D eigenvalue weighted by atomic mass is 10.2. The fraction of sp³-hybridized carbons (Fsp3) is 0.0952. The van der Waals surface area contributed by atoms with E-state index in [0.29, 0.717) is 12.1 Å². The first kappa shape index (κ1) is 20.1. The Morgan fingerprint density at radius 2 is 1.52 bits per heavy atom. The second-order valence-corrected chi connectivity index (χ2v) is 5.85. The van der Waals surface area contributed by atoms with Crippen LogP contribution in [-0.4, -0.2) is 11.8 Å². The zero-order valence-corrected chi connectivity index (χ0v) is 15.5. The summed E-state index contributed by atoms with van der Waals surface area (Å²) in [5.41, 5.74) is 2.29. The lowest BCUT2D eigenvalue weighted by Crippen LogP contribution is -2.41. The Hall–Kier alpha value is -3.18. The maximum Gasteiger partial charge on any atom is 0.290 e. The van der Waals surface area contributed by atoms with E-state index in [1.165, 1.54) is 0 Å². The lowest BCUT2D eigenvalue weighted by molar-refractivity contribution is -0.684. The fourth-order valence-corrected chi connectivity index (χ4v) is 2.52. The van der Waals surface area contributed by atoms with Crippen LogP contribution >= 0.6 is 12.4 Å². The Morgan fingerprint density at radius 1 is 0.852 bits per heavy atom. The summed E-state index contributed by atoms with van der Waals surface area (Å²) in [5.74, 6) is -0.324. The Kier molecular flexibility index (Phi) is 7.52. The van der Waals surface area contributed by atoms with Crippen molar-refractivity contribution in [1.82, 2.24) is 5.32 Å². The van der Waals surface area contributed by atoms with Crippen LogP contribution < -0.4 is 15.2 Å². The first-order valence-electron chi connectivity index (χ1n) is 8.37. The van der Waals surface area contributed by atoms with Crippen molar-refractivity contribution in [2.24, 2.45) is 0 Å². The van der Waals surface area contributed by atoms with E-state index in [1.54, 1.807) is 29.1 Å². The van der Waals surface area contributed by atoms with Crippen molar-refractivity contribution in [2.45, 2.75) is 13.1 Å². The summed E-state index contributed by atoms with van der Waals surface area (Å²) in [4.78, 5) is 24.5. The van der Waals surface area contributed by atoms with Crippen molar-refractivity contribution in [3.05, 3.63) is 96.3 Å². The van der Waals surface area contributed by atoms with Crippen molar-refractivity contribution in [1.29, 1.82) is 0 Å². The molecule has 0 radical (unpaired) electrons. The molecule has 138 valence electrons. The molecule has 1 heterocycles. The van der Waals surface area contributed by atoms with Gasteiger partial charge in [0.2, 0.25) is 6.54 Å². The third-order valence-electron chi connectivity index (χ3n) is 3.80. The molecule has 0 aliphatic heterocycles. The number of nitrogens with zero attached hydrogens (tertiary/aromatic N) is 1.